The molecule has 106 valence electrons. The van der Waals surface area contributed by atoms with E-state index in [-0.39, 0.29) is 0 Å². The Labute approximate surface area is 120 Å². The Morgan fingerprint density at radius 3 is 2.50 bits per heavy atom. The number of nitrogens with zero attached hydrogens (tertiary/aromatic N) is 2. The molecule has 2 rings (SSSR count). The summed E-state index contributed by atoms with van der Waals surface area (Å²) in [6.07, 6.45) is 1.71. The van der Waals surface area contributed by atoms with Gasteiger partial charge in [0, 0.05) is 13.5 Å². The van der Waals surface area contributed by atoms with Crippen molar-refractivity contribution in [1.29, 1.82) is 0 Å². The minimum Gasteiger partial charge on any atom is -0.438 e. The minimum atomic E-state index is 0.627. The van der Waals surface area contributed by atoms with E-state index in [9.17, 15) is 0 Å². The number of aryl methyl sites for hydroxylation is 2. The molecule has 0 atom stereocenters. The highest BCUT2D eigenvalue weighted by molar-refractivity contribution is 5.49. The van der Waals surface area contributed by atoms with Crippen molar-refractivity contribution in [2.45, 2.75) is 33.6 Å². The maximum Gasteiger partial charge on any atom is 0.227 e. The lowest BCUT2D eigenvalue weighted by Gasteiger charge is -2.14. The summed E-state index contributed by atoms with van der Waals surface area (Å²) < 4.78 is 6.03. The normalized spacial score (nSPS) is 10.4. The lowest BCUT2D eigenvalue weighted by atomic mass is 10.1. The van der Waals surface area contributed by atoms with Crippen LogP contribution in [-0.4, -0.2) is 17.0 Å². The van der Waals surface area contributed by atoms with E-state index in [1.807, 2.05) is 39.1 Å². The predicted molar refractivity (Wildman–Crippen MR) is 81.6 cm³/mol. The molecule has 0 spiro atoms. The molecule has 0 radical (unpaired) electrons. The molecule has 0 fully saturated rings. The summed E-state index contributed by atoms with van der Waals surface area (Å²) in [5, 5.41) is 3.09. The van der Waals surface area contributed by atoms with E-state index in [1.54, 1.807) is 0 Å². The van der Waals surface area contributed by atoms with Crippen LogP contribution in [0.2, 0.25) is 0 Å². The van der Waals surface area contributed by atoms with Gasteiger partial charge in [0.2, 0.25) is 5.88 Å². The van der Waals surface area contributed by atoms with Gasteiger partial charge in [-0.05, 0) is 25.0 Å². The first-order chi connectivity index (χ1) is 9.69. The van der Waals surface area contributed by atoms with Crippen LogP contribution in [0.5, 0.6) is 11.6 Å². The van der Waals surface area contributed by atoms with Crippen LogP contribution in [0, 0.1) is 6.92 Å². The van der Waals surface area contributed by atoms with Gasteiger partial charge in [-0.15, -0.1) is 0 Å². The Bertz CT molecular complexity index is 596. The van der Waals surface area contributed by atoms with Gasteiger partial charge in [-0.1, -0.05) is 32.0 Å². The fraction of sp³-hybridized carbons (Fsp3) is 0.375. The first-order valence-corrected chi connectivity index (χ1v) is 7.00. The number of hydrogen-bond donors (Lipinski definition) is 1. The summed E-state index contributed by atoms with van der Waals surface area (Å²) in [5.41, 5.74) is 2.10. The zero-order chi connectivity index (χ0) is 14.5. The Morgan fingerprint density at radius 1 is 1.10 bits per heavy atom. The highest BCUT2D eigenvalue weighted by atomic mass is 16.5. The zero-order valence-corrected chi connectivity index (χ0v) is 12.5. The van der Waals surface area contributed by atoms with Crippen molar-refractivity contribution >= 4 is 5.82 Å². The van der Waals surface area contributed by atoms with Crippen molar-refractivity contribution in [2.75, 3.05) is 12.4 Å². The molecular weight excluding hydrogens is 250 g/mol. The molecule has 0 amide bonds. The van der Waals surface area contributed by atoms with Crippen LogP contribution in [0.1, 0.15) is 30.8 Å². The third-order valence-electron chi connectivity index (χ3n) is 3.26. The molecular formula is C16H21N3O. The van der Waals surface area contributed by atoms with Gasteiger partial charge in [0.15, 0.2) is 0 Å². The van der Waals surface area contributed by atoms with Gasteiger partial charge in [0.25, 0.3) is 0 Å². The molecule has 0 aliphatic carbocycles. The topological polar surface area (TPSA) is 47.0 Å². The second-order valence-electron chi connectivity index (χ2n) is 4.59. The number of hydrogen-bond acceptors (Lipinski definition) is 4. The number of benzene rings is 1. The largest absolute Gasteiger partial charge is 0.438 e. The number of para-hydroxylation sites is 1. The maximum atomic E-state index is 6.03. The molecule has 0 saturated heterocycles. The number of rotatable bonds is 5. The van der Waals surface area contributed by atoms with E-state index in [1.165, 1.54) is 5.56 Å². The average molecular weight is 271 g/mol. The first kappa shape index (κ1) is 14.3. The Morgan fingerprint density at radius 2 is 1.85 bits per heavy atom. The molecule has 4 heteroatoms. The van der Waals surface area contributed by atoms with Gasteiger partial charge in [0.1, 0.15) is 17.4 Å². The molecule has 1 N–H and O–H groups in total. The number of nitrogens with one attached hydrogen (secondary N) is 1. The molecule has 1 aromatic heterocycles. The highest BCUT2D eigenvalue weighted by Crippen LogP contribution is 2.29. The molecule has 0 aliphatic rings. The fourth-order valence-electron chi connectivity index (χ4n) is 2.04. The summed E-state index contributed by atoms with van der Waals surface area (Å²) in [7, 11) is 1.86. The van der Waals surface area contributed by atoms with Crippen LogP contribution in [-0.2, 0) is 12.8 Å². The minimum absolute atomic E-state index is 0.627. The smallest absolute Gasteiger partial charge is 0.227 e. The summed E-state index contributed by atoms with van der Waals surface area (Å²) in [6, 6.07) is 8.05. The third kappa shape index (κ3) is 2.90. The predicted octanol–water partition coefficient (Wildman–Crippen LogP) is 3.74. The lowest BCUT2D eigenvalue weighted by Crippen LogP contribution is -2.05. The molecule has 0 unspecified atom stereocenters. The van der Waals surface area contributed by atoms with E-state index < -0.39 is 0 Å². The van der Waals surface area contributed by atoms with E-state index in [0.29, 0.717) is 5.88 Å². The number of aromatic nitrogens is 2. The van der Waals surface area contributed by atoms with Crippen LogP contribution in [0.4, 0.5) is 5.82 Å². The SMILES string of the molecule is CCc1nc(NC)c(C)c(Oc2ccccc2CC)n1. The fourth-order valence-corrected chi connectivity index (χ4v) is 2.04. The molecule has 0 aliphatic heterocycles. The molecule has 20 heavy (non-hydrogen) atoms. The van der Waals surface area contributed by atoms with Gasteiger partial charge < -0.3 is 10.1 Å². The zero-order valence-electron chi connectivity index (χ0n) is 12.5. The maximum absolute atomic E-state index is 6.03. The van der Waals surface area contributed by atoms with E-state index in [4.69, 9.17) is 4.74 Å². The van der Waals surface area contributed by atoms with E-state index in [0.717, 1.165) is 35.8 Å². The monoisotopic (exact) mass is 271 g/mol. The summed E-state index contributed by atoms with van der Waals surface area (Å²) in [6.45, 7) is 6.12. The van der Waals surface area contributed by atoms with Gasteiger partial charge in [0.05, 0.1) is 5.56 Å². The van der Waals surface area contributed by atoms with Crippen molar-refractivity contribution in [3.63, 3.8) is 0 Å². The van der Waals surface area contributed by atoms with Gasteiger partial charge >= 0.3 is 0 Å². The third-order valence-corrected chi connectivity index (χ3v) is 3.26. The second-order valence-corrected chi connectivity index (χ2v) is 4.59. The molecule has 1 heterocycles. The van der Waals surface area contributed by atoms with E-state index >= 15 is 0 Å². The van der Waals surface area contributed by atoms with Crippen LogP contribution in [0.25, 0.3) is 0 Å². The van der Waals surface area contributed by atoms with Gasteiger partial charge in [-0.3, -0.25) is 0 Å². The van der Waals surface area contributed by atoms with Crippen LogP contribution < -0.4 is 10.1 Å². The summed E-state index contributed by atoms with van der Waals surface area (Å²) in [5.74, 6) is 3.09. The molecule has 1 aromatic carbocycles. The number of ether oxygens (including phenoxy) is 1. The quantitative estimate of drug-likeness (QED) is 0.899. The summed E-state index contributed by atoms with van der Waals surface area (Å²) >= 11 is 0. The molecule has 0 saturated carbocycles. The van der Waals surface area contributed by atoms with Crippen molar-refractivity contribution < 1.29 is 4.74 Å². The van der Waals surface area contributed by atoms with Crippen molar-refractivity contribution in [1.82, 2.24) is 9.97 Å². The van der Waals surface area contributed by atoms with E-state index in [2.05, 4.69) is 28.3 Å². The van der Waals surface area contributed by atoms with Crippen molar-refractivity contribution in [3.8, 4) is 11.6 Å². The van der Waals surface area contributed by atoms with Gasteiger partial charge in [-0.25, -0.2) is 4.98 Å². The van der Waals surface area contributed by atoms with Crippen molar-refractivity contribution in [3.05, 3.63) is 41.2 Å². The van der Waals surface area contributed by atoms with Crippen molar-refractivity contribution in [2.24, 2.45) is 0 Å². The molecule has 4 nitrogen and oxygen atoms in total. The highest BCUT2D eigenvalue weighted by Gasteiger charge is 2.12. The summed E-state index contributed by atoms with van der Waals surface area (Å²) in [4.78, 5) is 8.95. The lowest BCUT2D eigenvalue weighted by molar-refractivity contribution is 0.450. The standard InChI is InChI=1S/C16H21N3O/c1-5-12-9-7-8-10-13(12)20-16-11(3)15(17-4)18-14(6-2)19-16/h7-10H,5-6H2,1-4H3,(H,17,18,19). The van der Waals surface area contributed by atoms with Crippen LogP contribution in [0.15, 0.2) is 24.3 Å². The first-order valence-electron chi connectivity index (χ1n) is 7.00. The number of anilines is 1. The van der Waals surface area contributed by atoms with Gasteiger partial charge in [-0.2, -0.15) is 4.98 Å². The van der Waals surface area contributed by atoms with Crippen LogP contribution in [0.3, 0.4) is 0 Å². The molecule has 0 bridgehead atoms. The molecule has 2 aromatic rings. The Kier molecular flexibility index (Phi) is 4.56. The Balaban J connectivity index is 2.42. The second kappa shape index (κ2) is 6.37. The van der Waals surface area contributed by atoms with Crippen LogP contribution >= 0.6 is 0 Å². The Hall–Kier alpha value is -2.10. The average Bonchev–Trinajstić information content (AvgIpc) is 2.49.